The van der Waals surface area contributed by atoms with Crippen LogP contribution in [0.15, 0.2) is 60.7 Å². The summed E-state index contributed by atoms with van der Waals surface area (Å²) in [6.07, 6.45) is 0. The minimum absolute atomic E-state index is 0.279. The maximum Gasteiger partial charge on any atom is 0.319 e. The predicted octanol–water partition coefficient (Wildman–Crippen LogP) is 5.07. The number of nitrogens with one attached hydrogen (secondary N) is 2. The van der Waals surface area contributed by atoms with Gasteiger partial charge in [0, 0.05) is 11.6 Å². The molecular weight excluding hydrogens is 398 g/mol. The fourth-order valence-electron chi connectivity index (χ4n) is 3.33. The second-order valence-corrected chi connectivity index (χ2v) is 7.57. The summed E-state index contributed by atoms with van der Waals surface area (Å²) in [4.78, 5) is 21.7. The highest BCUT2D eigenvalue weighted by Crippen LogP contribution is 2.23. The van der Waals surface area contributed by atoms with Crippen LogP contribution in [0, 0.1) is 13.8 Å². The molecule has 0 aliphatic heterocycles. The third-order valence-electron chi connectivity index (χ3n) is 4.88. The number of anilines is 1. The van der Waals surface area contributed by atoms with Crippen molar-refractivity contribution in [1.29, 1.82) is 0 Å². The van der Waals surface area contributed by atoms with Crippen molar-refractivity contribution in [3.63, 3.8) is 0 Å². The summed E-state index contributed by atoms with van der Waals surface area (Å²) in [5, 5.41) is 6.44. The molecule has 0 saturated carbocycles. The third-order valence-corrected chi connectivity index (χ3v) is 5.11. The normalized spacial score (nSPS) is 10.9. The molecule has 2 heterocycles. The van der Waals surface area contributed by atoms with Gasteiger partial charge in [0.25, 0.3) is 0 Å². The van der Waals surface area contributed by atoms with Gasteiger partial charge in [0.15, 0.2) is 5.65 Å². The maximum atomic E-state index is 12.3. The van der Waals surface area contributed by atoms with Gasteiger partial charge in [0.2, 0.25) is 0 Å². The van der Waals surface area contributed by atoms with Crippen LogP contribution in [0.5, 0.6) is 0 Å². The molecule has 6 nitrogen and oxygen atoms in total. The first kappa shape index (κ1) is 19.9. The lowest BCUT2D eigenvalue weighted by atomic mass is 10.2. The molecule has 30 heavy (non-hydrogen) atoms. The van der Waals surface area contributed by atoms with Crippen LogP contribution in [-0.4, -0.2) is 20.6 Å². The average Bonchev–Trinajstić information content (AvgIpc) is 3.02. The van der Waals surface area contributed by atoms with Crippen molar-refractivity contribution in [3.05, 3.63) is 88.3 Å². The Morgan fingerprint density at radius 3 is 2.53 bits per heavy atom. The van der Waals surface area contributed by atoms with Gasteiger partial charge in [-0.1, -0.05) is 54.1 Å². The van der Waals surface area contributed by atoms with Crippen LogP contribution in [0.25, 0.3) is 11.2 Å². The average molecular weight is 420 g/mol. The molecule has 0 aliphatic carbocycles. The Balaban J connectivity index is 1.53. The Hall–Kier alpha value is -3.38. The van der Waals surface area contributed by atoms with Gasteiger partial charge >= 0.3 is 6.03 Å². The van der Waals surface area contributed by atoms with Crippen LogP contribution in [-0.2, 0) is 13.1 Å². The molecule has 0 saturated heterocycles. The number of benzene rings is 2. The van der Waals surface area contributed by atoms with Crippen molar-refractivity contribution in [3.8, 4) is 0 Å². The number of carbonyl (C=O) groups excluding carboxylic acids is 1. The molecule has 2 amide bonds. The number of pyridine rings is 1. The zero-order valence-corrected chi connectivity index (χ0v) is 17.6. The van der Waals surface area contributed by atoms with Crippen LogP contribution >= 0.6 is 11.6 Å². The molecule has 2 aromatic heterocycles. The maximum absolute atomic E-state index is 12.3. The Morgan fingerprint density at radius 2 is 1.77 bits per heavy atom. The Bertz CT molecular complexity index is 1200. The summed E-state index contributed by atoms with van der Waals surface area (Å²) >= 11 is 6.12. The number of rotatable bonds is 5. The van der Waals surface area contributed by atoms with E-state index in [1.54, 1.807) is 0 Å². The first-order chi connectivity index (χ1) is 14.5. The first-order valence-corrected chi connectivity index (χ1v) is 10.0. The summed E-state index contributed by atoms with van der Waals surface area (Å²) in [5.41, 5.74) is 4.99. The fourth-order valence-corrected chi connectivity index (χ4v) is 3.54. The molecular formula is C23H22ClN5O. The van der Waals surface area contributed by atoms with E-state index < -0.39 is 0 Å². The van der Waals surface area contributed by atoms with E-state index >= 15 is 0 Å². The molecule has 0 fully saturated rings. The van der Waals surface area contributed by atoms with Crippen molar-refractivity contribution >= 4 is 34.5 Å². The van der Waals surface area contributed by atoms with E-state index in [2.05, 4.69) is 15.6 Å². The lowest BCUT2D eigenvalue weighted by Crippen LogP contribution is -2.28. The molecule has 7 heteroatoms. The minimum atomic E-state index is -0.279. The van der Waals surface area contributed by atoms with Gasteiger partial charge in [-0.2, -0.15) is 0 Å². The molecule has 0 spiro atoms. The van der Waals surface area contributed by atoms with Gasteiger partial charge in [-0.25, -0.2) is 14.8 Å². The van der Waals surface area contributed by atoms with Crippen LogP contribution in [0.1, 0.15) is 22.6 Å². The molecule has 0 unspecified atom stereocenters. The van der Waals surface area contributed by atoms with Gasteiger partial charge in [0.05, 0.1) is 17.9 Å². The van der Waals surface area contributed by atoms with E-state index in [0.717, 1.165) is 33.8 Å². The SMILES string of the molecule is Cc1nc2c(cc1NC(=O)NCc1ccccc1)nc(C)n2Cc1cccc(Cl)c1. The van der Waals surface area contributed by atoms with E-state index in [4.69, 9.17) is 16.6 Å². The monoisotopic (exact) mass is 419 g/mol. The summed E-state index contributed by atoms with van der Waals surface area (Å²) in [6.45, 7) is 4.90. The molecule has 0 bridgehead atoms. The fraction of sp³-hybridized carbons (Fsp3) is 0.174. The summed E-state index contributed by atoms with van der Waals surface area (Å²) in [5.74, 6) is 0.850. The van der Waals surface area contributed by atoms with Gasteiger partial charge in [-0.3, -0.25) is 0 Å². The highest BCUT2D eigenvalue weighted by atomic mass is 35.5. The third kappa shape index (κ3) is 4.44. The lowest BCUT2D eigenvalue weighted by Gasteiger charge is -2.11. The predicted molar refractivity (Wildman–Crippen MR) is 120 cm³/mol. The number of hydrogen-bond acceptors (Lipinski definition) is 3. The number of aromatic nitrogens is 3. The van der Waals surface area contributed by atoms with Crippen LogP contribution in [0.4, 0.5) is 10.5 Å². The number of imidazole rings is 1. The van der Waals surface area contributed by atoms with Crippen molar-refractivity contribution in [2.75, 3.05) is 5.32 Å². The second kappa shape index (κ2) is 8.55. The summed E-state index contributed by atoms with van der Waals surface area (Å²) in [6, 6.07) is 19.1. The molecule has 2 N–H and O–H groups in total. The highest BCUT2D eigenvalue weighted by Gasteiger charge is 2.14. The molecule has 4 aromatic rings. The summed E-state index contributed by atoms with van der Waals surface area (Å²) < 4.78 is 2.05. The van der Waals surface area contributed by atoms with Crippen molar-refractivity contribution in [2.24, 2.45) is 0 Å². The van der Waals surface area contributed by atoms with E-state index in [1.807, 2.05) is 79.1 Å². The molecule has 4 rings (SSSR count). The molecule has 0 radical (unpaired) electrons. The van der Waals surface area contributed by atoms with Gasteiger partial charge < -0.3 is 15.2 Å². The van der Waals surface area contributed by atoms with E-state index in [0.29, 0.717) is 23.8 Å². The van der Waals surface area contributed by atoms with E-state index in [1.165, 1.54) is 0 Å². The second-order valence-electron chi connectivity index (χ2n) is 7.13. The quantitative estimate of drug-likeness (QED) is 0.474. The molecule has 0 aliphatic rings. The van der Waals surface area contributed by atoms with Crippen molar-refractivity contribution in [1.82, 2.24) is 19.9 Å². The Labute approximate surface area is 179 Å². The van der Waals surface area contributed by atoms with Crippen molar-refractivity contribution < 1.29 is 4.79 Å². The lowest BCUT2D eigenvalue weighted by molar-refractivity contribution is 0.251. The summed E-state index contributed by atoms with van der Waals surface area (Å²) in [7, 11) is 0. The zero-order chi connectivity index (χ0) is 21.1. The van der Waals surface area contributed by atoms with E-state index in [-0.39, 0.29) is 6.03 Å². The van der Waals surface area contributed by atoms with Crippen molar-refractivity contribution in [2.45, 2.75) is 26.9 Å². The highest BCUT2D eigenvalue weighted by molar-refractivity contribution is 6.30. The molecule has 0 atom stereocenters. The molecule has 2 aromatic carbocycles. The van der Waals surface area contributed by atoms with E-state index in [9.17, 15) is 4.79 Å². The minimum Gasteiger partial charge on any atom is -0.334 e. The standard InChI is InChI=1S/C23H22ClN5O/c1-15-20(28-23(30)25-13-17-7-4-3-5-8-17)12-21-22(26-15)29(16(2)27-21)14-18-9-6-10-19(24)11-18/h3-12H,13-14H2,1-2H3,(H2,25,28,30). The number of carbonyl (C=O) groups is 1. The number of aryl methyl sites for hydroxylation is 2. The van der Waals surface area contributed by atoms with Crippen LogP contribution in [0.2, 0.25) is 5.02 Å². The number of fused-ring (bicyclic) bond motifs is 1. The van der Waals surface area contributed by atoms with Gasteiger partial charge in [-0.15, -0.1) is 0 Å². The largest absolute Gasteiger partial charge is 0.334 e. The Kier molecular flexibility index (Phi) is 5.68. The Morgan fingerprint density at radius 1 is 1.00 bits per heavy atom. The number of halogens is 1. The number of hydrogen-bond donors (Lipinski definition) is 2. The topological polar surface area (TPSA) is 71.8 Å². The number of amides is 2. The molecule has 152 valence electrons. The first-order valence-electron chi connectivity index (χ1n) is 9.67. The van der Waals surface area contributed by atoms with Crippen LogP contribution in [0.3, 0.4) is 0 Å². The van der Waals surface area contributed by atoms with Gasteiger partial charge in [0.1, 0.15) is 11.3 Å². The number of urea groups is 1. The zero-order valence-electron chi connectivity index (χ0n) is 16.8. The number of nitrogens with zero attached hydrogens (tertiary/aromatic N) is 3. The smallest absolute Gasteiger partial charge is 0.319 e. The van der Waals surface area contributed by atoms with Gasteiger partial charge in [-0.05, 0) is 43.2 Å². The van der Waals surface area contributed by atoms with Crippen LogP contribution < -0.4 is 10.6 Å².